The van der Waals surface area contributed by atoms with Gasteiger partial charge < -0.3 is 44.3 Å². The lowest BCUT2D eigenvalue weighted by Crippen LogP contribution is -2.48. The molecule has 0 saturated heterocycles. The maximum Gasteiger partial charge on any atom is 0.328 e. The van der Waals surface area contributed by atoms with Gasteiger partial charge in [0.05, 0.1) is 30.8 Å². The number of aliphatic carboxylic acids is 1. The monoisotopic (exact) mass is 1270 g/mol. The van der Waals surface area contributed by atoms with Gasteiger partial charge in [-0.15, -0.1) is 0 Å². The molecule has 5 aliphatic heterocycles. The first-order chi connectivity index (χ1) is 43.0. The number of carbonyl (C=O) groups excluding carboxylic acids is 2. The Balaban J connectivity index is 0.000000157. The number of fused-ring (bicyclic) bond motifs is 7. The number of furan rings is 1. The average Bonchev–Trinajstić information content (AvgIpc) is 1.66. The molecule has 0 radical (unpaired) electrons. The summed E-state index contributed by atoms with van der Waals surface area (Å²) in [5.41, 5.74) is 5.21. The third-order valence-electron chi connectivity index (χ3n) is 15.7. The van der Waals surface area contributed by atoms with Crippen LogP contribution in [0, 0.1) is 40.7 Å². The molecular formula is C70H74F9N3O9. The van der Waals surface area contributed by atoms with Gasteiger partial charge in [0.15, 0.2) is 6.61 Å². The molecule has 12 rings (SSSR count). The van der Waals surface area contributed by atoms with Gasteiger partial charge in [-0.2, -0.15) is 0 Å². The van der Waals surface area contributed by atoms with E-state index in [2.05, 4.69) is 5.32 Å². The molecular weight excluding hydrogens is 1200 g/mol. The van der Waals surface area contributed by atoms with E-state index in [9.17, 15) is 45.1 Å². The third kappa shape index (κ3) is 17.3. The lowest BCUT2D eigenvalue weighted by Gasteiger charge is -2.42. The van der Waals surface area contributed by atoms with Crippen LogP contribution in [0.25, 0.3) is 17.0 Å². The van der Waals surface area contributed by atoms with Crippen LogP contribution in [0.5, 0.6) is 23.0 Å². The van der Waals surface area contributed by atoms with E-state index in [1.165, 1.54) is 63.2 Å². The lowest BCUT2D eigenvalue weighted by molar-refractivity contribution is -0.131. The van der Waals surface area contributed by atoms with Crippen LogP contribution in [0.2, 0.25) is 0 Å². The minimum Gasteiger partial charge on any atom is -0.493 e. The van der Waals surface area contributed by atoms with Gasteiger partial charge in [-0.05, 0) is 159 Å². The number of hydrogen-bond acceptors (Lipinski definition) is 11. The van der Waals surface area contributed by atoms with Gasteiger partial charge in [-0.3, -0.25) is 9.69 Å². The molecule has 0 amide bonds. The number of carboxylic acid groups (broad SMARTS) is 1. The van der Waals surface area contributed by atoms with E-state index >= 15 is 8.78 Å². The summed E-state index contributed by atoms with van der Waals surface area (Å²) >= 11 is 0. The average molecular weight is 1270 g/mol. The predicted octanol–water partition coefficient (Wildman–Crippen LogP) is 15.2. The number of rotatable bonds is 14. The maximum atomic E-state index is 15.3. The molecule has 4 N–H and O–H groups in total. The fourth-order valence-electron chi connectivity index (χ4n) is 11.8. The van der Waals surface area contributed by atoms with Gasteiger partial charge in [-0.1, -0.05) is 30.3 Å². The van der Waals surface area contributed by atoms with Crippen LogP contribution in [0.15, 0.2) is 114 Å². The van der Waals surface area contributed by atoms with Gasteiger partial charge in [-0.25, -0.2) is 44.3 Å². The second-order valence-electron chi connectivity index (χ2n) is 24.6. The van der Waals surface area contributed by atoms with Crippen LogP contribution in [0.4, 0.5) is 39.5 Å². The number of benzene rings is 6. The fraction of sp³-hybridized carbons (Fsp3) is 0.386. The minimum absolute atomic E-state index is 0.0215. The van der Waals surface area contributed by atoms with Crippen LogP contribution < -0.4 is 30.0 Å². The molecule has 0 bridgehead atoms. The SMILES string of the molecule is CC(=O)CC1COc2cccc(F)c21.CC(CC1COc2cccc(F)c21)NCC(C)(C)F.CC(N)CC1COc2cccc(F)c21.CC1Cc2c(oc3cccc(F)c23)C(c2c(F)cc(/C=C/C(=O)O)cc2F)N1CC(C)(C)F.O=C1COc2cccc(F)c21. The molecule has 7 atom stereocenters. The van der Waals surface area contributed by atoms with Crippen molar-refractivity contribution >= 4 is 34.6 Å². The molecule has 5 aliphatic rings. The quantitative estimate of drug-likeness (QED) is 0.0699. The molecule has 0 fully saturated rings. The Kier molecular flexibility index (Phi) is 22.2. The zero-order valence-corrected chi connectivity index (χ0v) is 51.7. The first kappa shape index (κ1) is 68.8. The summed E-state index contributed by atoms with van der Waals surface area (Å²) in [6.07, 6.45) is 4.03. The highest BCUT2D eigenvalue weighted by Gasteiger charge is 2.43. The highest BCUT2D eigenvalue weighted by molar-refractivity contribution is 6.02. The lowest BCUT2D eigenvalue weighted by atomic mass is 9.87. The Hall–Kier alpha value is -8.14. The normalized spacial score (nSPS) is 19.1. The molecule has 7 aromatic rings. The molecule has 91 heavy (non-hydrogen) atoms. The maximum absolute atomic E-state index is 15.3. The van der Waals surface area contributed by atoms with Crippen molar-refractivity contribution in [2.75, 3.05) is 39.5 Å². The van der Waals surface area contributed by atoms with Crippen molar-refractivity contribution in [3.8, 4) is 23.0 Å². The topological polar surface area (TPSA) is 163 Å². The smallest absolute Gasteiger partial charge is 0.328 e. The van der Waals surface area contributed by atoms with Crippen molar-refractivity contribution in [1.82, 2.24) is 10.2 Å². The van der Waals surface area contributed by atoms with Gasteiger partial charge in [0.1, 0.15) is 98.2 Å². The zero-order valence-electron chi connectivity index (χ0n) is 51.7. The Bertz CT molecular complexity index is 3760. The van der Waals surface area contributed by atoms with E-state index in [-0.39, 0.29) is 111 Å². The number of Topliss-reactive ketones (excluding diaryl/α,β-unsaturated/α-hetero) is 2. The minimum atomic E-state index is -1.68. The Morgan fingerprint density at radius 3 is 1.67 bits per heavy atom. The van der Waals surface area contributed by atoms with Crippen molar-refractivity contribution in [3.63, 3.8) is 0 Å². The highest BCUT2D eigenvalue weighted by Crippen LogP contribution is 2.46. The first-order valence-electron chi connectivity index (χ1n) is 29.9. The number of hydrogen-bond donors (Lipinski definition) is 3. The fourth-order valence-corrected chi connectivity index (χ4v) is 11.8. The van der Waals surface area contributed by atoms with Crippen molar-refractivity contribution in [2.24, 2.45) is 5.73 Å². The number of halogens is 9. The van der Waals surface area contributed by atoms with Crippen molar-refractivity contribution in [2.45, 2.75) is 134 Å². The van der Waals surface area contributed by atoms with Crippen LogP contribution in [0.1, 0.15) is 148 Å². The summed E-state index contributed by atoms with van der Waals surface area (Å²) in [6, 6.07) is 24.0. The summed E-state index contributed by atoms with van der Waals surface area (Å²) in [5.74, 6) is -2.53. The highest BCUT2D eigenvalue weighted by atomic mass is 19.2. The van der Waals surface area contributed by atoms with Gasteiger partial charge in [0.2, 0.25) is 5.78 Å². The predicted molar refractivity (Wildman–Crippen MR) is 327 cm³/mol. The molecule has 21 heteroatoms. The number of carboxylic acids is 1. The van der Waals surface area contributed by atoms with Crippen molar-refractivity contribution in [3.05, 3.63) is 195 Å². The van der Waals surface area contributed by atoms with E-state index in [0.717, 1.165) is 37.1 Å². The number of nitrogens with one attached hydrogen (secondary N) is 1. The largest absolute Gasteiger partial charge is 0.493 e. The number of ether oxygens (including phenoxy) is 4. The molecule has 486 valence electrons. The summed E-state index contributed by atoms with van der Waals surface area (Å²) in [5, 5.41) is 12.2. The number of alkyl halides is 2. The Morgan fingerprint density at radius 1 is 0.670 bits per heavy atom. The van der Waals surface area contributed by atoms with Gasteiger partial charge in [0, 0.05) is 89.3 Å². The molecule has 0 spiro atoms. The molecule has 0 saturated carbocycles. The summed E-state index contributed by atoms with van der Waals surface area (Å²) in [7, 11) is 0. The molecule has 6 aromatic carbocycles. The molecule has 1 aromatic heterocycles. The number of ketones is 2. The number of nitrogens with zero attached hydrogens (tertiary/aromatic N) is 1. The van der Waals surface area contributed by atoms with Crippen LogP contribution >= 0.6 is 0 Å². The van der Waals surface area contributed by atoms with Crippen LogP contribution in [-0.2, 0) is 16.0 Å². The first-order valence-corrected chi connectivity index (χ1v) is 29.9. The van der Waals surface area contributed by atoms with E-state index in [4.69, 9.17) is 34.2 Å². The number of carbonyl (C=O) groups is 3. The summed E-state index contributed by atoms with van der Waals surface area (Å²) in [4.78, 5) is 34.2. The molecule has 0 aliphatic carbocycles. The second kappa shape index (κ2) is 29.4. The van der Waals surface area contributed by atoms with Gasteiger partial charge in [0.25, 0.3) is 0 Å². The zero-order chi connectivity index (χ0) is 66.2. The van der Waals surface area contributed by atoms with Crippen LogP contribution in [-0.4, -0.2) is 96.5 Å². The Morgan fingerprint density at radius 2 is 1.16 bits per heavy atom. The summed E-state index contributed by atoms with van der Waals surface area (Å²) in [6.45, 7) is 14.6. The van der Waals surface area contributed by atoms with Gasteiger partial charge >= 0.3 is 5.97 Å². The van der Waals surface area contributed by atoms with Crippen LogP contribution in [0.3, 0.4) is 0 Å². The molecule has 6 heterocycles. The van der Waals surface area contributed by atoms with Crippen molar-refractivity contribution in [1.29, 1.82) is 0 Å². The summed E-state index contributed by atoms with van der Waals surface area (Å²) < 4.78 is 154. The van der Waals surface area contributed by atoms with E-state index in [1.54, 1.807) is 74.2 Å². The van der Waals surface area contributed by atoms with Crippen molar-refractivity contribution < 1.29 is 82.4 Å². The molecule has 12 nitrogen and oxygen atoms in total. The van der Waals surface area contributed by atoms with E-state index < -0.39 is 46.6 Å². The van der Waals surface area contributed by atoms with E-state index in [1.807, 2.05) is 13.8 Å². The number of nitrogens with two attached hydrogens (primary N) is 1. The van der Waals surface area contributed by atoms with E-state index in [0.29, 0.717) is 84.5 Å². The second-order valence-corrected chi connectivity index (χ2v) is 24.6. The molecule has 7 unspecified atom stereocenters. The standard InChI is InChI=1S/C25H23F4NO3.C15H21F2NO.C11H14FNO.C11H11FO2.C8H5FO2/c1-13-9-15-21-16(26)5-4-6-19(21)33-24(15)23(30(13)12-25(2,3)29)22-17(27)10-14(11-18(22)28)7-8-20(31)32;1-10(18-9-15(2,3)17)7-11-8-19-13-6-4-5-12(16)14(11)13;2*1-7(13)5-8-6-14-10-4-2-3-9(12)11(8)10;9-5-2-1-3-7-8(5)6(10)4-11-7/h4-8,10-11,13,23H,9,12H2,1-3H3,(H,31,32);4-6,10-11,18H,7-9H2,1-3H3;2-4,7-8H,5-6,13H2,1H3;2-4,8H,5-6H2,1H3;1-3H,4H2/b8-7+;;;;. The Labute approximate surface area is 522 Å². The third-order valence-corrected chi connectivity index (χ3v) is 15.7.